The van der Waals surface area contributed by atoms with Crippen LogP contribution in [0.4, 0.5) is 5.69 Å². The molecule has 1 aromatic carbocycles. The first kappa shape index (κ1) is 14.1. The van der Waals surface area contributed by atoms with Gasteiger partial charge in [-0.05, 0) is 30.4 Å². The molecule has 3 N–H and O–H groups in total. The first-order valence-corrected chi connectivity index (χ1v) is 6.96. The molecule has 1 atom stereocenters. The summed E-state index contributed by atoms with van der Waals surface area (Å²) in [6, 6.07) is 7.82. The van der Waals surface area contributed by atoms with Crippen molar-refractivity contribution in [2.45, 2.75) is 18.7 Å². The van der Waals surface area contributed by atoms with Gasteiger partial charge in [0.1, 0.15) is 0 Å². The van der Waals surface area contributed by atoms with Gasteiger partial charge in [-0.25, -0.2) is 0 Å². The Morgan fingerprint density at radius 1 is 1.47 bits per heavy atom. The Kier molecular flexibility index (Phi) is 5.51. The molecule has 0 saturated carbocycles. The molecule has 1 aromatic rings. The largest absolute Gasteiger partial charge is 0.330 e. The van der Waals surface area contributed by atoms with Crippen LogP contribution in [0.3, 0.4) is 0 Å². The summed E-state index contributed by atoms with van der Waals surface area (Å²) in [5.41, 5.74) is 6.45. The number of benzene rings is 1. The molecule has 0 fully saturated rings. The molecular weight excluding hydrogens is 232 g/mol. The fraction of sp³-hybridized carbons (Fsp3) is 0.462. The second-order valence-corrected chi connectivity index (χ2v) is 5.19. The molecule has 0 saturated heterocycles. The topological polar surface area (TPSA) is 55.1 Å². The van der Waals surface area contributed by atoms with Crippen molar-refractivity contribution in [2.24, 2.45) is 17.6 Å². The number of anilines is 1. The van der Waals surface area contributed by atoms with Gasteiger partial charge >= 0.3 is 0 Å². The van der Waals surface area contributed by atoms with Crippen LogP contribution in [0.5, 0.6) is 0 Å². The van der Waals surface area contributed by atoms with Gasteiger partial charge in [-0.1, -0.05) is 19.9 Å². The average Bonchev–Trinajstić information content (AvgIpc) is 2.29. The van der Waals surface area contributed by atoms with E-state index in [0.29, 0.717) is 6.54 Å². The van der Waals surface area contributed by atoms with Gasteiger partial charge in [0.15, 0.2) is 0 Å². The van der Waals surface area contributed by atoms with Gasteiger partial charge in [-0.3, -0.25) is 4.79 Å². The minimum atomic E-state index is -0.132. The summed E-state index contributed by atoms with van der Waals surface area (Å²) in [4.78, 5) is 13.1. The van der Waals surface area contributed by atoms with Crippen LogP contribution in [0, 0.1) is 11.8 Å². The third-order valence-electron chi connectivity index (χ3n) is 2.73. The Bertz CT molecular complexity index is 379. The third kappa shape index (κ3) is 4.06. The van der Waals surface area contributed by atoms with E-state index < -0.39 is 0 Å². The number of carbonyl (C=O) groups excluding carboxylic acids is 1. The Labute approximate surface area is 107 Å². The monoisotopic (exact) mass is 252 g/mol. The van der Waals surface area contributed by atoms with Crippen molar-refractivity contribution in [1.82, 2.24) is 0 Å². The first-order chi connectivity index (χ1) is 8.08. The molecule has 17 heavy (non-hydrogen) atoms. The molecule has 0 aliphatic rings. The third-order valence-corrected chi connectivity index (χ3v) is 3.46. The van der Waals surface area contributed by atoms with E-state index in [1.165, 1.54) is 0 Å². The summed E-state index contributed by atoms with van der Waals surface area (Å²) < 4.78 is 0. The van der Waals surface area contributed by atoms with Gasteiger partial charge in [-0.2, -0.15) is 0 Å². The number of hydrogen-bond acceptors (Lipinski definition) is 3. The van der Waals surface area contributed by atoms with E-state index in [1.54, 1.807) is 11.8 Å². The van der Waals surface area contributed by atoms with E-state index in [9.17, 15) is 4.79 Å². The minimum absolute atomic E-state index is 0.000697. The van der Waals surface area contributed by atoms with E-state index >= 15 is 0 Å². The van der Waals surface area contributed by atoms with E-state index in [1.807, 2.05) is 44.4 Å². The minimum Gasteiger partial charge on any atom is -0.330 e. The molecule has 1 rings (SSSR count). The Morgan fingerprint density at radius 3 is 2.71 bits per heavy atom. The van der Waals surface area contributed by atoms with Gasteiger partial charge in [0.25, 0.3) is 0 Å². The van der Waals surface area contributed by atoms with Crippen LogP contribution in [0.15, 0.2) is 29.2 Å². The maximum Gasteiger partial charge on any atom is 0.229 e. The second-order valence-electron chi connectivity index (χ2n) is 4.31. The SMILES string of the molecule is CSc1cccc(NC(=O)C(CN)C(C)C)c1. The Balaban J connectivity index is 2.72. The molecule has 0 aliphatic carbocycles. The lowest BCUT2D eigenvalue weighted by Gasteiger charge is -2.18. The van der Waals surface area contributed by atoms with Crippen molar-refractivity contribution >= 4 is 23.4 Å². The molecule has 3 nitrogen and oxygen atoms in total. The molecule has 0 heterocycles. The molecule has 0 aliphatic heterocycles. The Morgan fingerprint density at radius 2 is 2.18 bits per heavy atom. The zero-order chi connectivity index (χ0) is 12.8. The summed E-state index contributed by atoms with van der Waals surface area (Å²) in [6.07, 6.45) is 2.01. The first-order valence-electron chi connectivity index (χ1n) is 5.73. The highest BCUT2D eigenvalue weighted by Gasteiger charge is 2.20. The van der Waals surface area contributed by atoms with Crippen molar-refractivity contribution in [3.8, 4) is 0 Å². The van der Waals surface area contributed by atoms with Crippen LogP contribution in [0.2, 0.25) is 0 Å². The number of nitrogens with one attached hydrogen (secondary N) is 1. The van der Waals surface area contributed by atoms with Gasteiger partial charge in [0.2, 0.25) is 5.91 Å². The van der Waals surface area contributed by atoms with Gasteiger partial charge < -0.3 is 11.1 Å². The van der Waals surface area contributed by atoms with Crippen LogP contribution in [-0.2, 0) is 4.79 Å². The van der Waals surface area contributed by atoms with Crippen LogP contribution in [0.25, 0.3) is 0 Å². The van der Waals surface area contributed by atoms with Crippen LogP contribution in [-0.4, -0.2) is 18.7 Å². The summed E-state index contributed by atoms with van der Waals surface area (Å²) in [7, 11) is 0. The zero-order valence-electron chi connectivity index (χ0n) is 10.6. The van der Waals surface area contributed by atoms with Crippen molar-refractivity contribution in [3.05, 3.63) is 24.3 Å². The number of nitrogens with two attached hydrogens (primary N) is 1. The molecule has 94 valence electrons. The zero-order valence-corrected chi connectivity index (χ0v) is 11.4. The van der Waals surface area contributed by atoms with E-state index in [4.69, 9.17) is 5.73 Å². The predicted molar refractivity (Wildman–Crippen MR) is 74.2 cm³/mol. The number of thioether (sulfide) groups is 1. The quantitative estimate of drug-likeness (QED) is 0.792. The maximum atomic E-state index is 12.0. The maximum absolute atomic E-state index is 12.0. The number of carbonyl (C=O) groups is 1. The van der Waals surface area contributed by atoms with Crippen LogP contribution >= 0.6 is 11.8 Å². The number of hydrogen-bond donors (Lipinski definition) is 2. The number of rotatable bonds is 5. The molecule has 0 aromatic heterocycles. The van der Waals surface area contributed by atoms with Gasteiger partial charge in [-0.15, -0.1) is 11.8 Å². The fourth-order valence-corrected chi connectivity index (χ4v) is 2.08. The predicted octanol–water partition coefficient (Wildman–Crippen LogP) is 2.58. The highest BCUT2D eigenvalue weighted by molar-refractivity contribution is 7.98. The van der Waals surface area contributed by atoms with Crippen LogP contribution in [0.1, 0.15) is 13.8 Å². The number of amides is 1. The van der Waals surface area contributed by atoms with Crippen molar-refractivity contribution in [1.29, 1.82) is 0 Å². The fourth-order valence-electron chi connectivity index (χ4n) is 1.62. The lowest BCUT2D eigenvalue weighted by atomic mass is 9.95. The molecular formula is C13H20N2OS. The molecule has 1 unspecified atom stereocenters. The van der Waals surface area contributed by atoms with E-state index in [-0.39, 0.29) is 17.7 Å². The molecule has 1 amide bonds. The summed E-state index contributed by atoms with van der Waals surface area (Å²) in [5, 5.41) is 2.92. The van der Waals surface area contributed by atoms with Crippen LogP contribution < -0.4 is 11.1 Å². The van der Waals surface area contributed by atoms with E-state index in [2.05, 4.69) is 5.32 Å². The lowest BCUT2D eigenvalue weighted by Crippen LogP contribution is -2.33. The average molecular weight is 252 g/mol. The lowest BCUT2D eigenvalue weighted by molar-refractivity contribution is -0.120. The van der Waals surface area contributed by atoms with Crippen molar-refractivity contribution < 1.29 is 4.79 Å². The highest BCUT2D eigenvalue weighted by atomic mass is 32.2. The second kappa shape index (κ2) is 6.67. The van der Waals surface area contributed by atoms with Crippen molar-refractivity contribution in [2.75, 3.05) is 18.1 Å². The highest BCUT2D eigenvalue weighted by Crippen LogP contribution is 2.20. The molecule has 0 bridgehead atoms. The normalized spacial score (nSPS) is 12.5. The molecule has 0 radical (unpaired) electrons. The van der Waals surface area contributed by atoms with E-state index in [0.717, 1.165) is 10.6 Å². The molecule has 0 spiro atoms. The standard InChI is InChI=1S/C13H20N2OS/c1-9(2)12(8-14)13(16)15-10-5-4-6-11(7-10)17-3/h4-7,9,12H,8,14H2,1-3H3,(H,15,16). The van der Waals surface area contributed by atoms with Crippen molar-refractivity contribution in [3.63, 3.8) is 0 Å². The summed E-state index contributed by atoms with van der Waals surface area (Å²) in [5.74, 6) is 0.123. The molecule has 4 heteroatoms. The smallest absolute Gasteiger partial charge is 0.229 e. The Hall–Kier alpha value is -1.00. The van der Waals surface area contributed by atoms with Gasteiger partial charge in [0, 0.05) is 17.1 Å². The summed E-state index contributed by atoms with van der Waals surface area (Å²) >= 11 is 1.65. The summed E-state index contributed by atoms with van der Waals surface area (Å²) in [6.45, 7) is 4.40. The van der Waals surface area contributed by atoms with Gasteiger partial charge in [0.05, 0.1) is 5.92 Å².